The van der Waals surface area contributed by atoms with Crippen LogP contribution in [-0.2, 0) is 0 Å². The number of nitrogens with one attached hydrogen (secondary N) is 2. The fourth-order valence-corrected chi connectivity index (χ4v) is 4.27. The van der Waals surface area contributed by atoms with Gasteiger partial charge in [0.1, 0.15) is 0 Å². The average Bonchev–Trinajstić information content (AvgIpc) is 2.52. The maximum absolute atomic E-state index is 3.74. The van der Waals surface area contributed by atoms with Gasteiger partial charge in [-0.1, -0.05) is 39.0 Å². The predicted molar refractivity (Wildman–Crippen MR) is 88.0 cm³/mol. The van der Waals surface area contributed by atoms with Crippen LogP contribution in [-0.4, -0.2) is 6.54 Å². The molecular weight excluding hydrogens is 256 g/mol. The van der Waals surface area contributed by atoms with E-state index in [1.807, 2.05) is 0 Å². The minimum atomic E-state index is 0.472. The summed E-state index contributed by atoms with van der Waals surface area (Å²) in [6, 6.07) is 8.73. The van der Waals surface area contributed by atoms with Gasteiger partial charge in [0.15, 0.2) is 0 Å². The molecule has 108 valence electrons. The lowest BCUT2D eigenvalue weighted by atomic mass is 9.69. The number of hydrogen-bond donors (Lipinski definition) is 2. The molecule has 1 aromatic rings. The molecule has 2 aliphatic heterocycles. The summed E-state index contributed by atoms with van der Waals surface area (Å²) in [5.74, 6) is 1.46. The van der Waals surface area contributed by atoms with Gasteiger partial charge in [-0.3, -0.25) is 0 Å². The second kappa shape index (κ2) is 4.52. The molecular formula is C19H22N2. The number of anilines is 1. The molecule has 0 fully saturated rings. The van der Waals surface area contributed by atoms with E-state index in [0.717, 1.165) is 6.54 Å². The quantitative estimate of drug-likeness (QED) is 0.744. The maximum Gasteiger partial charge on any atom is 0.0420 e. The van der Waals surface area contributed by atoms with Gasteiger partial charge in [0.25, 0.3) is 0 Å². The zero-order chi connectivity index (χ0) is 14.6. The standard InChI is InChI=1S/C19H22N2/c1-11-14-8-9-20-10-16(14)13(3)19-18(11)12(2)15-6-4-5-7-17(15)21-19/h4-9,11-13,20-21H,10H2,1-3H3. The van der Waals surface area contributed by atoms with E-state index in [2.05, 4.69) is 67.9 Å². The summed E-state index contributed by atoms with van der Waals surface area (Å²) in [5.41, 5.74) is 8.79. The maximum atomic E-state index is 3.74. The highest BCUT2D eigenvalue weighted by atomic mass is 14.9. The third-order valence-corrected chi connectivity index (χ3v) is 5.41. The van der Waals surface area contributed by atoms with E-state index < -0.39 is 0 Å². The van der Waals surface area contributed by atoms with Gasteiger partial charge < -0.3 is 10.6 Å². The highest BCUT2D eigenvalue weighted by Crippen LogP contribution is 2.49. The number of hydrogen-bond acceptors (Lipinski definition) is 2. The Labute approximate surface area is 126 Å². The Morgan fingerprint density at radius 1 is 1.00 bits per heavy atom. The molecule has 1 aliphatic carbocycles. The third-order valence-electron chi connectivity index (χ3n) is 5.41. The molecule has 0 spiro atoms. The number of fused-ring (bicyclic) bond motifs is 1. The van der Waals surface area contributed by atoms with Gasteiger partial charge in [0.05, 0.1) is 0 Å². The van der Waals surface area contributed by atoms with Crippen LogP contribution in [0.2, 0.25) is 0 Å². The fourth-order valence-electron chi connectivity index (χ4n) is 4.27. The zero-order valence-electron chi connectivity index (χ0n) is 12.9. The van der Waals surface area contributed by atoms with Crippen LogP contribution < -0.4 is 10.6 Å². The van der Waals surface area contributed by atoms with Gasteiger partial charge in [0, 0.05) is 35.7 Å². The summed E-state index contributed by atoms with van der Waals surface area (Å²) < 4.78 is 0. The van der Waals surface area contributed by atoms with Crippen molar-refractivity contribution < 1.29 is 0 Å². The van der Waals surface area contributed by atoms with Gasteiger partial charge in [-0.15, -0.1) is 0 Å². The lowest BCUT2D eigenvalue weighted by Gasteiger charge is -2.42. The second-order valence-corrected chi connectivity index (χ2v) is 6.44. The Hall–Kier alpha value is -1.96. The van der Waals surface area contributed by atoms with E-state index in [-0.39, 0.29) is 0 Å². The van der Waals surface area contributed by atoms with Gasteiger partial charge >= 0.3 is 0 Å². The lowest BCUT2D eigenvalue weighted by Crippen LogP contribution is -2.34. The molecule has 0 saturated carbocycles. The molecule has 0 saturated heterocycles. The first-order valence-electron chi connectivity index (χ1n) is 7.91. The largest absolute Gasteiger partial charge is 0.387 e. The first-order valence-corrected chi connectivity index (χ1v) is 7.91. The molecule has 0 amide bonds. The monoisotopic (exact) mass is 278 g/mol. The van der Waals surface area contributed by atoms with Crippen LogP contribution in [0.3, 0.4) is 0 Å². The molecule has 0 bridgehead atoms. The zero-order valence-corrected chi connectivity index (χ0v) is 12.9. The SMILES string of the molecule is CC1C2=C(C=CNC2)C(C)C2=C1Nc1ccccc1C2C. The molecule has 1 aromatic carbocycles. The van der Waals surface area contributed by atoms with Crippen molar-refractivity contribution in [1.29, 1.82) is 0 Å². The topological polar surface area (TPSA) is 24.1 Å². The number of benzene rings is 1. The molecule has 0 radical (unpaired) electrons. The van der Waals surface area contributed by atoms with Gasteiger partial charge in [-0.05, 0) is 40.6 Å². The highest BCUT2D eigenvalue weighted by molar-refractivity contribution is 5.66. The Morgan fingerprint density at radius 2 is 1.81 bits per heavy atom. The summed E-state index contributed by atoms with van der Waals surface area (Å²) in [6.45, 7) is 8.03. The Balaban J connectivity index is 1.85. The van der Waals surface area contributed by atoms with Crippen molar-refractivity contribution in [2.75, 3.05) is 11.9 Å². The van der Waals surface area contributed by atoms with Crippen molar-refractivity contribution in [2.24, 2.45) is 11.8 Å². The molecule has 2 heteroatoms. The Kier molecular flexibility index (Phi) is 2.75. The van der Waals surface area contributed by atoms with Crippen molar-refractivity contribution in [3.05, 3.63) is 64.5 Å². The number of allylic oxidation sites excluding steroid dienone is 4. The third kappa shape index (κ3) is 1.71. The van der Waals surface area contributed by atoms with Crippen LogP contribution in [0.4, 0.5) is 5.69 Å². The van der Waals surface area contributed by atoms with Crippen LogP contribution in [0.1, 0.15) is 32.3 Å². The van der Waals surface area contributed by atoms with E-state index in [0.29, 0.717) is 17.8 Å². The van der Waals surface area contributed by atoms with E-state index in [9.17, 15) is 0 Å². The summed E-state index contributed by atoms with van der Waals surface area (Å²) in [5, 5.41) is 7.11. The molecule has 3 unspecified atom stereocenters. The predicted octanol–water partition coefficient (Wildman–Crippen LogP) is 4.17. The fraction of sp³-hybridized carbons (Fsp3) is 0.368. The first kappa shape index (κ1) is 12.8. The van der Waals surface area contributed by atoms with E-state index >= 15 is 0 Å². The summed E-state index contributed by atoms with van der Waals surface area (Å²) in [4.78, 5) is 0. The smallest absolute Gasteiger partial charge is 0.0420 e. The van der Waals surface area contributed by atoms with E-state index in [1.165, 1.54) is 22.5 Å². The second-order valence-electron chi connectivity index (χ2n) is 6.44. The minimum absolute atomic E-state index is 0.472. The van der Waals surface area contributed by atoms with Gasteiger partial charge in [-0.2, -0.15) is 0 Å². The molecule has 2 N–H and O–H groups in total. The van der Waals surface area contributed by atoms with Crippen molar-refractivity contribution in [2.45, 2.75) is 26.7 Å². The summed E-state index contributed by atoms with van der Waals surface area (Å²) in [7, 11) is 0. The highest BCUT2D eigenvalue weighted by Gasteiger charge is 2.37. The normalized spacial score (nSPS) is 30.1. The van der Waals surface area contributed by atoms with Crippen molar-refractivity contribution in [1.82, 2.24) is 5.32 Å². The van der Waals surface area contributed by atoms with E-state index in [1.54, 1.807) is 11.1 Å². The van der Waals surface area contributed by atoms with Gasteiger partial charge in [-0.25, -0.2) is 0 Å². The number of dihydropyridines is 1. The summed E-state index contributed by atoms with van der Waals surface area (Å²) in [6.07, 6.45) is 4.37. The molecule has 2 nitrogen and oxygen atoms in total. The average molecular weight is 278 g/mol. The van der Waals surface area contributed by atoms with Crippen LogP contribution in [0.5, 0.6) is 0 Å². The van der Waals surface area contributed by atoms with Crippen LogP contribution in [0, 0.1) is 11.8 Å². The molecule has 2 heterocycles. The summed E-state index contributed by atoms with van der Waals surface area (Å²) >= 11 is 0. The van der Waals surface area contributed by atoms with Crippen molar-refractivity contribution in [3.63, 3.8) is 0 Å². The first-order chi connectivity index (χ1) is 10.2. The lowest BCUT2D eigenvalue weighted by molar-refractivity contribution is 0.589. The molecule has 3 aliphatic rings. The van der Waals surface area contributed by atoms with E-state index in [4.69, 9.17) is 0 Å². The minimum Gasteiger partial charge on any atom is -0.387 e. The van der Waals surface area contributed by atoms with Crippen LogP contribution >= 0.6 is 0 Å². The molecule has 4 rings (SSSR count). The Bertz CT molecular complexity index is 693. The van der Waals surface area contributed by atoms with Gasteiger partial charge in [0.2, 0.25) is 0 Å². The van der Waals surface area contributed by atoms with Crippen LogP contribution in [0.15, 0.2) is 59.0 Å². The Morgan fingerprint density at radius 3 is 2.67 bits per heavy atom. The number of rotatable bonds is 0. The number of para-hydroxylation sites is 1. The molecule has 3 atom stereocenters. The molecule has 0 aromatic heterocycles. The van der Waals surface area contributed by atoms with Crippen molar-refractivity contribution in [3.8, 4) is 0 Å². The molecule has 21 heavy (non-hydrogen) atoms. The van der Waals surface area contributed by atoms with Crippen molar-refractivity contribution >= 4 is 5.69 Å². The van der Waals surface area contributed by atoms with Crippen LogP contribution in [0.25, 0.3) is 0 Å².